The van der Waals surface area contributed by atoms with Crippen LogP contribution in [0.5, 0.6) is 5.75 Å². The van der Waals surface area contributed by atoms with Gasteiger partial charge in [-0.3, -0.25) is 13.9 Å². The number of amides is 2. The summed E-state index contributed by atoms with van der Waals surface area (Å²) in [4.78, 5) is 29.2. The fourth-order valence-electron chi connectivity index (χ4n) is 4.72. The molecular formula is C33H35N3O5S. The zero-order valence-corrected chi connectivity index (χ0v) is 24.8. The molecule has 0 saturated heterocycles. The Morgan fingerprint density at radius 2 is 1.48 bits per heavy atom. The van der Waals surface area contributed by atoms with Gasteiger partial charge in [0.2, 0.25) is 11.8 Å². The number of ether oxygens (including phenoxy) is 1. The van der Waals surface area contributed by atoms with Crippen LogP contribution in [0.25, 0.3) is 0 Å². The first-order valence-electron chi connectivity index (χ1n) is 13.6. The number of hydrogen-bond acceptors (Lipinski definition) is 5. The van der Waals surface area contributed by atoms with Gasteiger partial charge >= 0.3 is 0 Å². The summed E-state index contributed by atoms with van der Waals surface area (Å²) in [6, 6.07) is 30.7. The normalized spacial score (nSPS) is 11.8. The average molecular weight is 586 g/mol. The summed E-state index contributed by atoms with van der Waals surface area (Å²) in [5.41, 5.74) is 2.79. The predicted molar refractivity (Wildman–Crippen MR) is 164 cm³/mol. The highest BCUT2D eigenvalue weighted by molar-refractivity contribution is 7.92. The van der Waals surface area contributed by atoms with Crippen molar-refractivity contribution in [2.24, 2.45) is 0 Å². The van der Waals surface area contributed by atoms with Gasteiger partial charge in [-0.15, -0.1) is 0 Å². The molecule has 4 aromatic rings. The molecule has 0 aliphatic carbocycles. The highest BCUT2D eigenvalue weighted by atomic mass is 32.2. The third-order valence-electron chi connectivity index (χ3n) is 6.90. The van der Waals surface area contributed by atoms with E-state index < -0.39 is 28.5 Å². The topological polar surface area (TPSA) is 96.0 Å². The zero-order valence-electron chi connectivity index (χ0n) is 23.9. The van der Waals surface area contributed by atoms with Gasteiger partial charge in [-0.2, -0.15) is 0 Å². The van der Waals surface area contributed by atoms with Gasteiger partial charge < -0.3 is 15.0 Å². The first kappa shape index (κ1) is 30.3. The third-order valence-corrected chi connectivity index (χ3v) is 8.69. The van der Waals surface area contributed by atoms with Crippen LogP contribution in [-0.2, 0) is 32.6 Å². The highest BCUT2D eigenvalue weighted by Crippen LogP contribution is 2.26. The van der Waals surface area contributed by atoms with E-state index in [4.69, 9.17) is 4.74 Å². The van der Waals surface area contributed by atoms with Crippen LogP contribution in [0.4, 0.5) is 5.69 Å². The second-order valence-electron chi connectivity index (χ2n) is 9.86. The fraction of sp³-hybridized carbons (Fsp3) is 0.212. The maximum Gasteiger partial charge on any atom is 0.264 e. The first-order chi connectivity index (χ1) is 20.2. The van der Waals surface area contributed by atoms with Crippen molar-refractivity contribution in [1.29, 1.82) is 0 Å². The molecule has 0 saturated carbocycles. The first-order valence-corrected chi connectivity index (χ1v) is 15.0. The molecule has 9 heteroatoms. The number of likely N-dealkylation sites (N-methyl/N-ethyl adjacent to an activating group) is 1. The Morgan fingerprint density at radius 3 is 2.12 bits per heavy atom. The lowest BCUT2D eigenvalue weighted by Crippen LogP contribution is -2.53. The molecule has 0 radical (unpaired) electrons. The van der Waals surface area contributed by atoms with E-state index in [1.807, 2.05) is 55.5 Å². The van der Waals surface area contributed by atoms with Crippen molar-refractivity contribution in [3.63, 3.8) is 0 Å². The molecule has 0 fully saturated rings. The van der Waals surface area contributed by atoms with Crippen LogP contribution in [0.2, 0.25) is 0 Å². The number of nitrogens with one attached hydrogen (secondary N) is 1. The van der Waals surface area contributed by atoms with Gasteiger partial charge in [0.1, 0.15) is 18.3 Å². The molecular weight excluding hydrogens is 550 g/mol. The number of rotatable bonds is 12. The van der Waals surface area contributed by atoms with Gasteiger partial charge in [-0.1, -0.05) is 72.8 Å². The standard InChI is InChI=1S/C33H35N3O5S/c1-25-12-10-16-28(20-25)36(42(39,40)30-18-8-5-9-19-30)24-32(37)35(23-27-15-11-17-29(21-27)41-3)31(33(38)34-2)22-26-13-6-4-7-14-26/h4-21,31H,22-24H2,1-3H3,(H,34,38). The van der Waals surface area contributed by atoms with Crippen molar-refractivity contribution in [2.45, 2.75) is 30.8 Å². The zero-order chi connectivity index (χ0) is 30.1. The van der Waals surface area contributed by atoms with Crippen molar-refractivity contribution in [2.75, 3.05) is 25.0 Å². The fourth-order valence-corrected chi connectivity index (χ4v) is 6.15. The maximum absolute atomic E-state index is 14.3. The molecule has 0 aliphatic rings. The molecule has 0 aromatic heterocycles. The second kappa shape index (κ2) is 13.8. The van der Waals surface area contributed by atoms with Crippen molar-refractivity contribution in [3.05, 3.63) is 126 Å². The summed E-state index contributed by atoms with van der Waals surface area (Å²) in [6.07, 6.45) is 0.242. The largest absolute Gasteiger partial charge is 0.497 e. The van der Waals surface area contributed by atoms with Crippen LogP contribution in [0.3, 0.4) is 0 Å². The number of carbonyl (C=O) groups is 2. The van der Waals surface area contributed by atoms with Crippen LogP contribution in [-0.4, -0.2) is 51.9 Å². The molecule has 0 aliphatic heterocycles. The maximum atomic E-state index is 14.3. The van der Waals surface area contributed by atoms with E-state index in [0.717, 1.165) is 21.0 Å². The highest BCUT2D eigenvalue weighted by Gasteiger charge is 2.34. The molecule has 1 atom stereocenters. The summed E-state index contributed by atoms with van der Waals surface area (Å²) in [6.45, 7) is 1.41. The predicted octanol–water partition coefficient (Wildman–Crippen LogP) is 4.59. The number of carbonyl (C=O) groups excluding carboxylic acids is 2. The van der Waals surface area contributed by atoms with Crippen LogP contribution >= 0.6 is 0 Å². The molecule has 1 N–H and O–H groups in total. The average Bonchev–Trinajstić information content (AvgIpc) is 3.02. The number of anilines is 1. The van der Waals surface area contributed by atoms with Gasteiger partial charge in [0.15, 0.2) is 0 Å². The number of aryl methyl sites for hydroxylation is 1. The van der Waals surface area contributed by atoms with Gasteiger partial charge in [0.05, 0.1) is 17.7 Å². The lowest BCUT2D eigenvalue weighted by atomic mass is 10.0. The van der Waals surface area contributed by atoms with Crippen molar-refractivity contribution >= 4 is 27.5 Å². The molecule has 8 nitrogen and oxygen atoms in total. The number of sulfonamides is 1. The van der Waals surface area contributed by atoms with E-state index in [1.54, 1.807) is 55.6 Å². The molecule has 42 heavy (non-hydrogen) atoms. The second-order valence-corrected chi connectivity index (χ2v) is 11.7. The summed E-state index contributed by atoms with van der Waals surface area (Å²) in [7, 11) is -1.05. The number of nitrogens with zero attached hydrogens (tertiary/aromatic N) is 2. The van der Waals surface area contributed by atoms with Crippen molar-refractivity contribution in [1.82, 2.24) is 10.2 Å². The molecule has 2 amide bonds. The Balaban J connectivity index is 1.79. The summed E-state index contributed by atoms with van der Waals surface area (Å²) >= 11 is 0. The quantitative estimate of drug-likeness (QED) is 0.263. The minimum atomic E-state index is -4.13. The number of methoxy groups -OCH3 is 1. The SMILES string of the molecule is CNC(=O)C(Cc1ccccc1)N(Cc1cccc(OC)c1)C(=O)CN(c1cccc(C)c1)S(=O)(=O)c1ccccc1. The minimum absolute atomic E-state index is 0.0609. The molecule has 4 rings (SSSR count). The van der Waals surface area contributed by atoms with Crippen LogP contribution in [0.15, 0.2) is 114 Å². The molecule has 0 bridgehead atoms. The van der Waals surface area contributed by atoms with Gasteiger partial charge in [-0.05, 0) is 60.0 Å². The molecule has 1 unspecified atom stereocenters. The van der Waals surface area contributed by atoms with Gasteiger partial charge in [0, 0.05) is 20.0 Å². The van der Waals surface area contributed by atoms with Crippen LogP contribution < -0.4 is 14.4 Å². The Hall–Kier alpha value is -4.63. The van der Waals surface area contributed by atoms with E-state index in [2.05, 4.69) is 5.32 Å². The van der Waals surface area contributed by atoms with E-state index in [-0.39, 0.29) is 23.8 Å². The molecule has 218 valence electrons. The van der Waals surface area contributed by atoms with Crippen molar-refractivity contribution < 1.29 is 22.7 Å². The Morgan fingerprint density at radius 1 is 0.833 bits per heavy atom. The molecule has 4 aromatic carbocycles. The monoisotopic (exact) mass is 585 g/mol. The number of benzene rings is 4. The number of hydrogen-bond donors (Lipinski definition) is 1. The minimum Gasteiger partial charge on any atom is -0.497 e. The van der Waals surface area contributed by atoms with E-state index in [9.17, 15) is 18.0 Å². The molecule has 0 spiro atoms. The van der Waals surface area contributed by atoms with Gasteiger partial charge in [0.25, 0.3) is 10.0 Å². The van der Waals surface area contributed by atoms with E-state index >= 15 is 0 Å². The lowest BCUT2D eigenvalue weighted by molar-refractivity contribution is -0.139. The van der Waals surface area contributed by atoms with Crippen molar-refractivity contribution in [3.8, 4) is 5.75 Å². The Kier molecular flexibility index (Phi) is 9.98. The third kappa shape index (κ3) is 7.36. The molecule has 0 heterocycles. The van der Waals surface area contributed by atoms with Crippen LogP contribution in [0, 0.1) is 6.92 Å². The summed E-state index contributed by atoms with van der Waals surface area (Å²) in [5.74, 6) is -0.279. The Bertz CT molecular complexity index is 1610. The van der Waals surface area contributed by atoms with Gasteiger partial charge in [-0.25, -0.2) is 8.42 Å². The van der Waals surface area contributed by atoms with E-state index in [0.29, 0.717) is 11.4 Å². The Labute approximate surface area is 247 Å². The lowest BCUT2D eigenvalue weighted by Gasteiger charge is -2.33. The smallest absolute Gasteiger partial charge is 0.264 e. The van der Waals surface area contributed by atoms with E-state index in [1.165, 1.54) is 24.1 Å². The summed E-state index contributed by atoms with van der Waals surface area (Å²) in [5, 5.41) is 2.69. The van der Waals surface area contributed by atoms with Crippen LogP contribution in [0.1, 0.15) is 16.7 Å². The summed E-state index contributed by atoms with van der Waals surface area (Å²) < 4.78 is 34.4.